The monoisotopic (exact) mass is 614 g/mol. The second-order valence-electron chi connectivity index (χ2n) is 10.3. The van der Waals surface area contributed by atoms with Crippen molar-refractivity contribution in [2.45, 2.75) is 40.9 Å². The molecular weight excluding hydrogens is 576 g/mol. The lowest BCUT2D eigenvalue weighted by Crippen LogP contribution is -2.16. The van der Waals surface area contributed by atoms with Gasteiger partial charge < -0.3 is 28.8 Å². The molecule has 0 fully saturated rings. The number of methoxy groups -OCH3 is 2. The molecule has 0 unspecified atom stereocenters. The number of esters is 1. The van der Waals surface area contributed by atoms with Gasteiger partial charge in [0.1, 0.15) is 47.7 Å². The Bertz CT molecular complexity index is 1590. The molecule has 0 radical (unpaired) electrons. The van der Waals surface area contributed by atoms with Crippen molar-refractivity contribution < 1.29 is 43.2 Å². The number of phenols is 1. The van der Waals surface area contributed by atoms with Gasteiger partial charge in [-0.25, -0.2) is 0 Å². The molecule has 0 saturated carbocycles. The van der Waals surface area contributed by atoms with Gasteiger partial charge in [0.15, 0.2) is 11.6 Å². The van der Waals surface area contributed by atoms with E-state index in [0.29, 0.717) is 35.8 Å². The van der Waals surface area contributed by atoms with Crippen molar-refractivity contribution in [1.82, 2.24) is 0 Å². The van der Waals surface area contributed by atoms with Crippen LogP contribution >= 0.6 is 0 Å². The Morgan fingerprint density at radius 2 is 1.04 bits per heavy atom. The van der Waals surface area contributed by atoms with Crippen LogP contribution in [-0.2, 0) is 18.0 Å². The van der Waals surface area contributed by atoms with E-state index in [1.807, 2.05) is 48.5 Å². The Morgan fingerprint density at radius 3 is 1.44 bits per heavy atom. The molecule has 0 saturated heterocycles. The van der Waals surface area contributed by atoms with Gasteiger partial charge >= 0.3 is 5.97 Å². The third-order valence-corrected chi connectivity index (χ3v) is 6.49. The first-order valence-corrected chi connectivity index (χ1v) is 14.2. The SMILES string of the molecule is COc1ccc(COc2ccc(C(C)=O)c(O)c2)cc1.COc1ccc(COc2ccc(C(C)=O)c(OC(=O)C(C)C)c2)cc1. The van der Waals surface area contributed by atoms with Crippen molar-refractivity contribution in [3.05, 3.63) is 107 Å². The molecule has 0 atom stereocenters. The Labute approximate surface area is 263 Å². The number of hydrogen-bond acceptors (Lipinski definition) is 9. The van der Waals surface area contributed by atoms with Crippen molar-refractivity contribution in [3.63, 3.8) is 0 Å². The number of ether oxygens (including phenoxy) is 5. The molecule has 4 rings (SSSR count). The van der Waals surface area contributed by atoms with Crippen LogP contribution < -0.4 is 23.7 Å². The van der Waals surface area contributed by atoms with Gasteiger partial charge in [-0.05, 0) is 73.5 Å². The van der Waals surface area contributed by atoms with Crippen LogP contribution in [0.4, 0.5) is 0 Å². The van der Waals surface area contributed by atoms with Gasteiger partial charge in [-0.2, -0.15) is 0 Å². The number of ketones is 2. The molecule has 1 N–H and O–H groups in total. The molecule has 9 nitrogen and oxygen atoms in total. The minimum Gasteiger partial charge on any atom is -0.507 e. The first-order valence-electron chi connectivity index (χ1n) is 14.2. The largest absolute Gasteiger partial charge is 0.507 e. The highest BCUT2D eigenvalue weighted by Gasteiger charge is 2.16. The normalized spacial score (nSPS) is 10.3. The summed E-state index contributed by atoms with van der Waals surface area (Å²) >= 11 is 0. The lowest BCUT2D eigenvalue weighted by Gasteiger charge is -2.13. The highest BCUT2D eigenvalue weighted by atomic mass is 16.5. The average molecular weight is 615 g/mol. The Balaban J connectivity index is 0.000000251. The van der Waals surface area contributed by atoms with Gasteiger partial charge in [-0.15, -0.1) is 0 Å². The number of phenolic OH excluding ortho intramolecular Hbond substituents is 1. The zero-order valence-electron chi connectivity index (χ0n) is 26.3. The molecule has 0 bridgehead atoms. The highest BCUT2D eigenvalue weighted by molar-refractivity contribution is 5.98. The van der Waals surface area contributed by atoms with E-state index in [1.54, 1.807) is 58.4 Å². The van der Waals surface area contributed by atoms with Gasteiger partial charge in [0.2, 0.25) is 0 Å². The van der Waals surface area contributed by atoms with Gasteiger partial charge in [-0.1, -0.05) is 38.1 Å². The van der Waals surface area contributed by atoms with E-state index in [9.17, 15) is 19.5 Å². The predicted octanol–water partition coefficient (Wildman–Crippen LogP) is 7.22. The van der Waals surface area contributed by atoms with Crippen molar-refractivity contribution >= 4 is 17.5 Å². The lowest BCUT2D eigenvalue weighted by atomic mass is 10.1. The fourth-order valence-corrected chi connectivity index (χ4v) is 3.87. The van der Waals surface area contributed by atoms with Crippen LogP contribution in [0.3, 0.4) is 0 Å². The van der Waals surface area contributed by atoms with Crippen LogP contribution in [0.2, 0.25) is 0 Å². The van der Waals surface area contributed by atoms with E-state index in [4.69, 9.17) is 23.7 Å². The molecule has 0 aliphatic heterocycles. The second kappa shape index (κ2) is 16.5. The van der Waals surface area contributed by atoms with Crippen LogP contribution in [0.15, 0.2) is 84.9 Å². The summed E-state index contributed by atoms with van der Waals surface area (Å²) in [5.74, 6) is 1.73. The van der Waals surface area contributed by atoms with Crippen LogP contribution in [0, 0.1) is 5.92 Å². The van der Waals surface area contributed by atoms with Crippen molar-refractivity contribution in [2.75, 3.05) is 14.2 Å². The summed E-state index contributed by atoms with van der Waals surface area (Å²) in [6.45, 7) is 7.04. The molecule has 0 heterocycles. The molecule has 0 aliphatic carbocycles. The molecule has 9 heteroatoms. The second-order valence-corrected chi connectivity index (χ2v) is 10.3. The summed E-state index contributed by atoms with van der Waals surface area (Å²) < 4.78 is 26.8. The van der Waals surface area contributed by atoms with Gasteiger partial charge in [0.05, 0.1) is 31.3 Å². The number of aromatic hydroxyl groups is 1. The number of benzene rings is 4. The molecule has 4 aromatic rings. The maximum absolute atomic E-state index is 11.9. The van der Waals surface area contributed by atoms with Crippen molar-refractivity contribution in [3.8, 4) is 34.5 Å². The zero-order chi connectivity index (χ0) is 32.9. The maximum atomic E-state index is 11.9. The highest BCUT2D eigenvalue weighted by Crippen LogP contribution is 2.28. The standard InChI is InChI=1S/C20H22O5.C16H16O4/c1-13(2)20(22)25-19-11-17(9-10-18(19)14(3)21)24-12-15-5-7-16(23-4)8-6-15;1-11(17)15-8-7-14(9-16(15)18)20-10-12-3-5-13(19-2)6-4-12/h5-11,13H,12H2,1-4H3;3-9,18H,10H2,1-2H3. The maximum Gasteiger partial charge on any atom is 0.313 e. The van der Waals surface area contributed by atoms with Gasteiger partial charge in [0, 0.05) is 12.1 Å². The summed E-state index contributed by atoms with van der Waals surface area (Å²) in [5, 5.41) is 9.71. The van der Waals surface area contributed by atoms with E-state index in [2.05, 4.69) is 0 Å². The number of carbonyl (C=O) groups excluding carboxylic acids is 3. The molecular formula is C36H38O9. The molecule has 0 aliphatic rings. The van der Waals surface area contributed by atoms with Crippen molar-refractivity contribution in [2.24, 2.45) is 5.92 Å². The zero-order valence-corrected chi connectivity index (χ0v) is 26.3. The summed E-state index contributed by atoms with van der Waals surface area (Å²) in [6.07, 6.45) is 0. The Kier molecular flexibility index (Phi) is 12.5. The molecule has 0 aromatic heterocycles. The quantitative estimate of drug-likeness (QED) is 0.100. The van der Waals surface area contributed by atoms with Gasteiger partial charge in [0.25, 0.3) is 0 Å². The summed E-state index contributed by atoms with van der Waals surface area (Å²) in [7, 11) is 3.23. The first-order chi connectivity index (χ1) is 21.5. The van der Waals surface area contributed by atoms with E-state index < -0.39 is 5.97 Å². The Morgan fingerprint density at radius 1 is 0.622 bits per heavy atom. The fourth-order valence-electron chi connectivity index (χ4n) is 3.87. The van der Waals surface area contributed by atoms with E-state index in [1.165, 1.54) is 19.9 Å². The molecule has 45 heavy (non-hydrogen) atoms. The summed E-state index contributed by atoms with van der Waals surface area (Å²) in [5.41, 5.74) is 2.60. The van der Waals surface area contributed by atoms with Crippen LogP contribution in [-0.4, -0.2) is 36.9 Å². The molecule has 0 amide bonds. The van der Waals surface area contributed by atoms with Crippen LogP contribution in [0.25, 0.3) is 0 Å². The van der Waals surface area contributed by atoms with E-state index in [-0.39, 0.29) is 29.0 Å². The first kappa shape index (κ1) is 34.2. The minimum atomic E-state index is -0.394. The predicted molar refractivity (Wildman–Crippen MR) is 170 cm³/mol. The third-order valence-electron chi connectivity index (χ3n) is 6.49. The van der Waals surface area contributed by atoms with Crippen molar-refractivity contribution in [1.29, 1.82) is 0 Å². The third kappa shape index (κ3) is 10.4. The van der Waals surface area contributed by atoms with E-state index in [0.717, 1.165) is 22.6 Å². The summed E-state index contributed by atoms with van der Waals surface area (Å²) in [6, 6.07) is 24.6. The topological polar surface area (TPSA) is 118 Å². The number of Topliss-reactive ketones (excluding diaryl/α,β-unsaturated/α-hetero) is 2. The van der Waals surface area contributed by atoms with E-state index >= 15 is 0 Å². The molecule has 4 aromatic carbocycles. The van der Waals surface area contributed by atoms with Crippen LogP contribution in [0.5, 0.6) is 34.5 Å². The average Bonchev–Trinajstić information content (AvgIpc) is 3.03. The smallest absolute Gasteiger partial charge is 0.313 e. The number of carbonyl (C=O) groups is 3. The van der Waals surface area contributed by atoms with Crippen LogP contribution in [0.1, 0.15) is 59.5 Å². The Hall–Kier alpha value is -5.31. The van der Waals surface area contributed by atoms with Gasteiger partial charge in [-0.3, -0.25) is 14.4 Å². The number of hydrogen-bond donors (Lipinski definition) is 1. The lowest BCUT2D eigenvalue weighted by molar-refractivity contribution is -0.137. The fraction of sp³-hybridized carbons (Fsp3) is 0.250. The molecule has 0 spiro atoms. The number of rotatable bonds is 12. The summed E-state index contributed by atoms with van der Waals surface area (Å²) in [4.78, 5) is 34.8. The minimum absolute atomic E-state index is 0.0651. The molecule has 236 valence electrons.